The second kappa shape index (κ2) is 6.35. The Hall–Kier alpha value is -0.740. The van der Waals surface area contributed by atoms with Crippen LogP contribution in [0.3, 0.4) is 0 Å². The van der Waals surface area contributed by atoms with Gasteiger partial charge in [0.2, 0.25) is 10.0 Å². The van der Waals surface area contributed by atoms with Crippen molar-refractivity contribution in [1.29, 1.82) is 0 Å². The smallest absolute Gasteiger partial charge is 0.245 e. The topological polar surface area (TPSA) is 84.2 Å². The minimum absolute atomic E-state index is 0.101. The van der Waals surface area contributed by atoms with E-state index in [0.29, 0.717) is 12.3 Å². The molecule has 9 heteroatoms. The van der Waals surface area contributed by atoms with Gasteiger partial charge >= 0.3 is 0 Å². The van der Waals surface area contributed by atoms with E-state index in [2.05, 4.69) is 31.0 Å². The number of aromatic nitrogens is 1. The van der Waals surface area contributed by atoms with E-state index in [9.17, 15) is 8.42 Å². The maximum Gasteiger partial charge on any atom is 0.245 e. The van der Waals surface area contributed by atoms with Crippen LogP contribution in [-0.2, 0) is 23.1 Å². The molecule has 2 rings (SSSR count). The molecular weight excluding hydrogens is 366 g/mol. The molecule has 0 saturated heterocycles. The standard InChI is InChI=1S/C11H14BrN3O3S2/c1-7-14-5-9(19-7)6-15-20(16,17)10-3-8(4-13-2)18-11(10)12/h3,5,13,15H,4,6H2,1-2H3. The van der Waals surface area contributed by atoms with Gasteiger partial charge in [0.15, 0.2) is 4.67 Å². The zero-order valence-corrected chi connectivity index (χ0v) is 14.2. The zero-order chi connectivity index (χ0) is 14.8. The second-order valence-corrected chi connectivity index (χ2v) is 7.83. The number of nitrogens with zero attached hydrogens (tertiary/aromatic N) is 1. The van der Waals surface area contributed by atoms with Crippen LogP contribution in [0.15, 0.2) is 26.2 Å². The molecule has 0 fully saturated rings. The first-order valence-electron chi connectivity index (χ1n) is 5.76. The number of nitrogens with one attached hydrogen (secondary N) is 2. The number of furan rings is 1. The molecule has 0 unspecified atom stereocenters. The second-order valence-electron chi connectivity index (χ2n) is 4.05. The Bertz CT molecular complexity index is 694. The molecule has 2 aromatic heterocycles. The highest BCUT2D eigenvalue weighted by Crippen LogP contribution is 2.26. The maximum absolute atomic E-state index is 12.2. The van der Waals surface area contributed by atoms with E-state index < -0.39 is 10.0 Å². The van der Waals surface area contributed by atoms with Gasteiger partial charge in [-0.15, -0.1) is 11.3 Å². The van der Waals surface area contributed by atoms with Crippen molar-refractivity contribution in [2.75, 3.05) is 7.05 Å². The first kappa shape index (κ1) is 15.6. The van der Waals surface area contributed by atoms with Crippen molar-refractivity contribution in [1.82, 2.24) is 15.0 Å². The van der Waals surface area contributed by atoms with Crippen molar-refractivity contribution in [3.63, 3.8) is 0 Å². The van der Waals surface area contributed by atoms with Gasteiger partial charge in [-0.1, -0.05) is 0 Å². The first-order chi connectivity index (χ1) is 9.42. The van der Waals surface area contributed by atoms with E-state index in [1.54, 1.807) is 13.2 Å². The first-order valence-corrected chi connectivity index (χ1v) is 8.85. The quantitative estimate of drug-likeness (QED) is 0.801. The molecule has 0 bridgehead atoms. The van der Waals surface area contributed by atoms with Crippen LogP contribution < -0.4 is 10.0 Å². The highest BCUT2D eigenvalue weighted by Gasteiger charge is 2.22. The number of halogens is 1. The SMILES string of the molecule is CNCc1cc(S(=O)(=O)NCc2cnc(C)s2)c(Br)o1. The normalized spacial score (nSPS) is 11.9. The molecule has 0 aliphatic heterocycles. The Kier molecular flexibility index (Phi) is 4.97. The highest BCUT2D eigenvalue weighted by molar-refractivity contribution is 9.10. The fourth-order valence-corrected chi connectivity index (χ4v) is 4.40. The third-order valence-corrected chi connectivity index (χ3v) is 5.62. The predicted octanol–water partition coefficient (Wildman–Crippen LogP) is 2.00. The van der Waals surface area contributed by atoms with Gasteiger partial charge in [-0.3, -0.25) is 0 Å². The number of thiazole rings is 1. The number of hydrogen-bond donors (Lipinski definition) is 2. The maximum atomic E-state index is 12.2. The lowest BCUT2D eigenvalue weighted by Crippen LogP contribution is -2.22. The molecule has 0 saturated carbocycles. The summed E-state index contributed by atoms with van der Waals surface area (Å²) in [6.45, 7) is 2.55. The Balaban J connectivity index is 2.13. The molecule has 2 N–H and O–H groups in total. The summed E-state index contributed by atoms with van der Waals surface area (Å²) in [5.74, 6) is 0.549. The van der Waals surface area contributed by atoms with Crippen LogP contribution in [0.2, 0.25) is 0 Å². The van der Waals surface area contributed by atoms with Gasteiger partial charge < -0.3 is 9.73 Å². The van der Waals surface area contributed by atoms with Gasteiger partial charge in [0.05, 0.1) is 11.6 Å². The summed E-state index contributed by atoms with van der Waals surface area (Å²) >= 11 is 4.59. The summed E-state index contributed by atoms with van der Waals surface area (Å²) in [5, 5.41) is 3.80. The minimum atomic E-state index is -3.62. The lowest BCUT2D eigenvalue weighted by Gasteiger charge is -2.02. The molecular formula is C11H14BrN3O3S2. The van der Waals surface area contributed by atoms with E-state index in [0.717, 1.165) is 9.88 Å². The van der Waals surface area contributed by atoms with Crippen LogP contribution in [0.25, 0.3) is 0 Å². The fraction of sp³-hybridized carbons (Fsp3) is 0.364. The molecule has 0 aromatic carbocycles. The number of aryl methyl sites for hydroxylation is 1. The molecule has 0 aliphatic rings. The van der Waals surface area contributed by atoms with Crippen LogP contribution >= 0.6 is 27.3 Å². The monoisotopic (exact) mass is 379 g/mol. The average molecular weight is 380 g/mol. The van der Waals surface area contributed by atoms with E-state index in [4.69, 9.17) is 4.42 Å². The third kappa shape index (κ3) is 3.67. The molecule has 110 valence electrons. The van der Waals surface area contributed by atoms with Gasteiger partial charge in [0.1, 0.15) is 10.7 Å². The number of hydrogen-bond acceptors (Lipinski definition) is 6. The Morgan fingerprint density at radius 1 is 1.45 bits per heavy atom. The van der Waals surface area contributed by atoms with Crippen LogP contribution in [0.4, 0.5) is 0 Å². The molecule has 20 heavy (non-hydrogen) atoms. The molecule has 6 nitrogen and oxygen atoms in total. The molecule has 0 atom stereocenters. The van der Waals surface area contributed by atoms with E-state index >= 15 is 0 Å². The van der Waals surface area contributed by atoms with E-state index in [1.165, 1.54) is 17.4 Å². The fourth-order valence-electron chi connectivity index (χ4n) is 1.57. The van der Waals surface area contributed by atoms with Crippen LogP contribution in [0.1, 0.15) is 15.6 Å². The van der Waals surface area contributed by atoms with Crippen LogP contribution in [0, 0.1) is 6.92 Å². The Labute approximate surface area is 129 Å². The average Bonchev–Trinajstić information content (AvgIpc) is 2.94. The highest BCUT2D eigenvalue weighted by atomic mass is 79.9. The molecule has 0 spiro atoms. The van der Waals surface area contributed by atoms with Gasteiger partial charge in [-0.2, -0.15) is 0 Å². The minimum Gasteiger partial charge on any atom is -0.452 e. The molecule has 0 radical (unpaired) electrons. The van der Waals surface area contributed by atoms with Crippen molar-refractivity contribution in [3.8, 4) is 0 Å². The van der Waals surface area contributed by atoms with Gasteiger partial charge in [0.25, 0.3) is 0 Å². The van der Waals surface area contributed by atoms with E-state index in [1.807, 2.05) is 6.92 Å². The van der Waals surface area contributed by atoms with Crippen molar-refractivity contribution in [2.24, 2.45) is 0 Å². The lowest BCUT2D eigenvalue weighted by atomic mass is 10.4. The number of sulfonamides is 1. The summed E-state index contributed by atoms with van der Waals surface area (Å²) in [5.41, 5.74) is 0. The van der Waals surface area contributed by atoms with Gasteiger partial charge in [-0.05, 0) is 29.9 Å². The molecule has 0 aliphatic carbocycles. The van der Waals surface area contributed by atoms with Crippen LogP contribution in [0.5, 0.6) is 0 Å². The van der Waals surface area contributed by atoms with Gasteiger partial charge in [-0.25, -0.2) is 18.1 Å². The summed E-state index contributed by atoms with van der Waals surface area (Å²) < 4.78 is 32.5. The summed E-state index contributed by atoms with van der Waals surface area (Å²) in [6.07, 6.45) is 1.67. The molecule has 0 amide bonds. The Morgan fingerprint density at radius 2 is 2.20 bits per heavy atom. The summed E-state index contributed by atoms with van der Waals surface area (Å²) in [6, 6.07) is 1.50. The largest absolute Gasteiger partial charge is 0.452 e. The summed E-state index contributed by atoms with van der Waals surface area (Å²) in [7, 11) is -1.86. The third-order valence-electron chi connectivity index (χ3n) is 2.45. The van der Waals surface area contributed by atoms with Gasteiger partial charge in [0, 0.05) is 23.7 Å². The van der Waals surface area contributed by atoms with Crippen molar-refractivity contribution in [3.05, 3.63) is 32.6 Å². The van der Waals surface area contributed by atoms with Crippen molar-refractivity contribution in [2.45, 2.75) is 24.9 Å². The number of rotatable bonds is 6. The Morgan fingerprint density at radius 3 is 2.80 bits per heavy atom. The zero-order valence-electron chi connectivity index (χ0n) is 10.9. The molecule has 2 heterocycles. The van der Waals surface area contributed by atoms with Crippen LogP contribution in [-0.4, -0.2) is 20.4 Å². The van der Waals surface area contributed by atoms with E-state index in [-0.39, 0.29) is 16.1 Å². The summed E-state index contributed by atoms with van der Waals surface area (Å²) in [4.78, 5) is 5.05. The van der Waals surface area contributed by atoms with Crippen molar-refractivity contribution >= 4 is 37.3 Å². The van der Waals surface area contributed by atoms with Crippen molar-refractivity contribution < 1.29 is 12.8 Å². The predicted molar refractivity (Wildman–Crippen MR) is 80.0 cm³/mol. The molecule has 2 aromatic rings. The lowest BCUT2D eigenvalue weighted by molar-refractivity contribution is 0.470.